The van der Waals surface area contributed by atoms with Crippen molar-refractivity contribution in [3.63, 3.8) is 0 Å². The molecule has 0 amide bonds. The van der Waals surface area contributed by atoms with E-state index in [9.17, 15) is 4.39 Å². The number of hydrogen-bond acceptors (Lipinski definition) is 0. The number of halogens is 1. The van der Waals surface area contributed by atoms with E-state index < -0.39 is 0 Å². The fourth-order valence-corrected chi connectivity index (χ4v) is 2.96. The minimum Gasteiger partial charge on any atom is -0.206 e. The molecule has 0 aliphatic heterocycles. The van der Waals surface area contributed by atoms with Crippen LogP contribution in [-0.2, 0) is 0 Å². The van der Waals surface area contributed by atoms with Crippen LogP contribution in [0.25, 0.3) is 32.7 Å². The zero-order valence-corrected chi connectivity index (χ0v) is 11.4. The smallest absolute Gasteiger partial charge is 0.131 e. The fourth-order valence-electron chi connectivity index (χ4n) is 2.96. The third-order valence-electron chi connectivity index (χ3n) is 3.95. The first-order chi connectivity index (χ1) is 10.3. The van der Waals surface area contributed by atoms with E-state index in [4.69, 9.17) is 0 Å². The van der Waals surface area contributed by atoms with Gasteiger partial charge in [0.05, 0.1) is 0 Å². The van der Waals surface area contributed by atoms with Crippen molar-refractivity contribution in [3.8, 4) is 11.1 Å². The van der Waals surface area contributed by atoms with Crippen molar-refractivity contribution < 1.29 is 4.39 Å². The van der Waals surface area contributed by atoms with Crippen LogP contribution in [0.3, 0.4) is 0 Å². The maximum absolute atomic E-state index is 14.0. The summed E-state index contributed by atoms with van der Waals surface area (Å²) in [5, 5.41) is 4.01. The van der Waals surface area contributed by atoms with Crippen molar-refractivity contribution in [2.45, 2.75) is 0 Å². The van der Waals surface area contributed by atoms with Crippen molar-refractivity contribution >= 4 is 21.5 Å². The highest BCUT2D eigenvalue weighted by Gasteiger charge is 2.09. The molecule has 0 bridgehead atoms. The first-order valence-electron chi connectivity index (χ1n) is 7.00. The number of fused-ring (bicyclic) bond motifs is 2. The van der Waals surface area contributed by atoms with Gasteiger partial charge in [0.15, 0.2) is 0 Å². The van der Waals surface area contributed by atoms with Crippen molar-refractivity contribution in [1.82, 2.24) is 0 Å². The zero-order chi connectivity index (χ0) is 14.2. The molecule has 0 saturated heterocycles. The molecular weight excluding hydrogens is 259 g/mol. The molecule has 0 unspecified atom stereocenters. The molecule has 0 radical (unpaired) electrons. The summed E-state index contributed by atoms with van der Waals surface area (Å²) in [5.41, 5.74) is 2.22. The lowest BCUT2D eigenvalue weighted by atomic mass is 9.94. The lowest BCUT2D eigenvalue weighted by Gasteiger charge is -2.10. The van der Waals surface area contributed by atoms with E-state index in [1.165, 1.54) is 10.8 Å². The molecule has 1 heteroatoms. The monoisotopic (exact) mass is 272 g/mol. The third-order valence-corrected chi connectivity index (χ3v) is 3.95. The molecule has 0 spiro atoms. The van der Waals surface area contributed by atoms with Gasteiger partial charge in [-0.1, -0.05) is 72.8 Å². The van der Waals surface area contributed by atoms with Gasteiger partial charge in [-0.3, -0.25) is 0 Å². The molecule has 0 aliphatic carbocycles. The van der Waals surface area contributed by atoms with Gasteiger partial charge in [-0.15, -0.1) is 0 Å². The van der Waals surface area contributed by atoms with E-state index in [2.05, 4.69) is 30.3 Å². The number of benzene rings is 4. The average Bonchev–Trinajstić information content (AvgIpc) is 2.55. The highest BCUT2D eigenvalue weighted by Crippen LogP contribution is 2.34. The van der Waals surface area contributed by atoms with E-state index >= 15 is 0 Å². The Hall–Kier alpha value is -2.67. The Kier molecular flexibility index (Phi) is 2.71. The van der Waals surface area contributed by atoms with Crippen LogP contribution >= 0.6 is 0 Å². The lowest BCUT2D eigenvalue weighted by molar-refractivity contribution is 0.640. The van der Waals surface area contributed by atoms with Crippen LogP contribution in [0.5, 0.6) is 0 Å². The minimum absolute atomic E-state index is 0.172. The van der Waals surface area contributed by atoms with Crippen molar-refractivity contribution in [2.75, 3.05) is 0 Å². The van der Waals surface area contributed by atoms with Crippen molar-refractivity contribution in [3.05, 3.63) is 84.7 Å². The molecule has 21 heavy (non-hydrogen) atoms. The van der Waals surface area contributed by atoms with Crippen LogP contribution in [0.1, 0.15) is 0 Å². The summed E-state index contributed by atoms with van der Waals surface area (Å²) in [6.45, 7) is 0. The summed E-state index contributed by atoms with van der Waals surface area (Å²) in [5.74, 6) is -0.172. The summed E-state index contributed by atoms with van der Waals surface area (Å²) in [6, 6.07) is 25.6. The Bertz CT molecular complexity index is 949. The van der Waals surface area contributed by atoms with Gasteiger partial charge < -0.3 is 0 Å². The van der Waals surface area contributed by atoms with E-state index in [1.54, 1.807) is 6.07 Å². The Morgan fingerprint density at radius 3 is 1.95 bits per heavy atom. The summed E-state index contributed by atoms with van der Waals surface area (Å²) < 4.78 is 14.0. The van der Waals surface area contributed by atoms with Gasteiger partial charge in [-0.2, -0.15) is 0 Å². The van der Waals surface area contributed by atoms with Crippen LogP contribution in [-0.4, -0.2) is 0 Å². The fraction of sp³-hybridized carbons (Fsp3) is 0. The maximum atomic E-state index is 14.0. The summed E-state index contributed by atoms with van der Waals surface area (Å²) in [7, 11) is 0. The van der Waals surface area contributed by atoms with E-state index in [0.717, 1.165) is 16.5 Å². The van der Waals surface area contributed by atoms with Gasteiger partial charge in [0.2, 0.25) is 0 Å². The normalized spacial score (nSPS) is 11.1. The van der Waals surface area contributed by atoms with Gasteiger partial charge in [0, 0.05) is 5.39 Å². The maximum Gasteiger partial charge on any atom is 0.131 e. The Labute approximate surface area is 122 Å². The third kappa shape index (κ3) is 1.90. The molecule has 4 aromatic carbocycles. The Morgan fingerprint density at radius 1 is 0.476 bits per heavy atom. The van der Waals surface area contributed by atoms with Gasteiger partial charge >= 0.3 is 0 Å². The predicted octanol–water partition coefficient (Wildman–Crippen LogP) is 5.80. The van der Waals surface area contributed by atoms with E-state index in [0.29, 0.717) is 5.39 Å². The van der Waals surface area contributed by atoms with Crippen LogP contribution in [0.4, 0.5) is 4.39 Å². The standard InChI is InChI=1S/C20H13F/c21-20-13-12-18(17-9-3-4-10-19(17)20)16-11-5-7-14-6-1-2-8-15(14)16/h1-13H. The van der Waals surface area contributed by atoms with Crippen LogP contribution < -0.4 is 0 Å². The summed E-state index contributed by atoms with van der Waals surface area (Å²) >= 11 is 0. The van der Waals surface area contributed by atoms with Gasteiger partial charge in [0.1, 0.15) is 5.82 Å². The number of rotatable bonds is 1. The SMILES string of the molecule is Fc1ccc(-c2cccc3ccccc23)c2ccccc12. The second-order valence-electron chi connectivity index (χ2n) is 5.17. The molecule has 0 nitrogen and oxygen atoms in total. The van der Waals surface area contributed by atoms with Crippen LogP contribution in [0, 0.1) is 5.82 Å². The van der Waals surface area contributed by atoms with Gasteiger partial charge in [-0.25, -0.2) is 4.39 Å². The topological polar surface area (TPSA) is 0 Å². The largest absolute Gasteiger partial charge is 0.206 e. The first-order valence-corrected chi connectivity index (χ1v) is 7.00. The van der Waals surface area contributed by atoms with Crippen LogP contribution in [0.15, 0.2) is 78.9 Å². The molecule has 0 atom stereocenters. The van der Waals surface area contributed by atoms with Gasteiger partial charge in [0.25, 0.3) is 0 Å². The zero-order valence-electron chi connectivity index (χ0n) is 11.4. The molecule has 4 rings (SSSR count). The molecule has 0 heterocycles. The van der Waals surface area contributed by atoms with E-state index in [1.807, 2.05) is 42.5 Å². The highest BCUT2D eigenvalue weighted by molar-refractivity contribution is 6.05. The quantitative estimate of drug-likeness (QED) is 0.411. The Morgan fingerprint density at radius 2 is 1.10 bits per heavy atom. The van der Waals surface area contributed by atoms with Crippen molar-refractivity contribution in [2.24, 2.45) is 0 Å². The molecule has 0 fully saturated rings. The summed E-state index contributed by atoms with van der Waals surface area (Å²) in [6.07, 6.45) is 0. The second kappa shape index (κ2) is 4.71. The average molecular weight is 272 g/mol. The highest BCUT2D eigenvalue weighted by atomic mass is 19.1. The molecule has 100 valence electrons. The number of hydrogen-bond donors (Lipinski definition) is 0. The molecule has 0 aliphatic rings. The first kappa shape index (κ1) is 12.1. The predicted molar refractivity (Wildman–Crippen MR) is 86.8 cm³/mol. The molecular formula is C20H13F. The second-order valence-corrected chi connectivity index (χ2v) is 5.17. The van der Waals surface area contributed by atoms with Gasteiger partial charge in [-0.05, 0) is 33.4 Å². The molecule has 0 aromatic heterocycles. The Balaban J connectivity index is 2.13. The minimum atomic E-state index is -0.172. The molecule has 0 N–H and O–H groups in total. The van der Waals surface area contributed by atoms with E-state index in [-0.39, 0.29) is 5.82 Å². The summed E-state index contributed by atoms with van der Waals surface area (Å²) in [4.78, 5) is 0. The lowest BCUT2D eigenvalue weighted by Crippen LogP contribution is -1.86. The molecule has 4 aromatic rings. The van der Waals surface area contributed by atoms with Crippen molar-refractivity contribution in [1.29, 1.82) is 0 Å². The van der Waals surface area contributed by atoms with Crippen LogP contribution in [0.2, 0.25) is 0 Å². The molecule has 0 saturated carbocycles.